The third-order valence-electron chi connectivity index (χ3n) is 3.31. The van der Waals surface area contributed by atoms with Gasteiger partial charge in [-0.3, -0.25) is 9.69 Å². The molecule has 6 nitrogen and oxygen atoms in total. The fraction of sp³-hybridized carbons (Fsp3) is 0.467. The number of nitrogens with zero attached hydrogens (tertiary/aromatic N) is 1. The summed E-state index contributed by atoms with van der Waals surface area (Å²) in [6, 6.07) is 7.22. The van der Waals surface area contributed by atoms with E-state index in [0.717, 1.165) is 24.9 Å². The molecule has 0 aliphatic carbocycles. The van der Waals surface area contributed by atoms with Crippen molar-refractivity contribution in [2.75, 3.05) is 29.9 Å². The second-order valence-electron chi connectivity index (χ2n) is 4.96. The topological polar surface area (TPSA) is 84.7 Å². The van der Waals surface area contributed by atoms with Gasteiger partial charge in [0.2, 0.25) is 5.91 Å². The lowest BCUT2D eigenvalue weighted by Gasteiger charge is -2.14. The molecule has 21 heavy (non-hydrogen) atoms. The first kappa shape index (κ1) is 15.3. The molecule has 1 aromatic carbocycles. The molecule has 1 heterocycles. The highest BCUT2D eigenvalue weighted by molar-refractivity contribution is 5.93. The Bertz CT molecular complexity index is 505. The van der Waals surface area contributed by atoms with Gasteiger partial charge in [0.1, 0.15) is 6.61 Å². The fourth-order valence-electron chi connectivity index (χ4n) is 2.21. The van der Waals surface area contributed by atoms with E-state index in [0.29, 0.717) is 31.8 Å². The number of anilines is 2. The molecular formula is C15H21N3O3. The molecule has 0 unspecified atom stereocenters. The second-order valence-corrected chi connectivity index (χ2v) is 4.96. The van der Waals surface area contributed by atoms with E-state index >= 15 is 0 Å². The summed E-state index contributed by atoms with van der Waals surface area (Å²) in [5.41, 5.74) is 6.84. The number of cyclic esters (lactones) is 1. The van der Waals surface area contributed by atoms with Gasteiger partial charge in [0.15, 0.2) is 0 Å². The molecule has 0 bridgehead atoms. The van der Waals surface area contributed by atoms with Gasteiger partial charge in [-0.2, -0.15) is 0 Å². The number of hydrogen-bond acceptors (Lipinski definition) is 4. The summed E-state index contributed by atoms with van der Waals surface area (Å²) in [6.45, 7) is 1.60. The number of benzene rings is 1. The molecule has 6 heteroatoms. The second kappa shape index (κ2) is 7.64. The minimum atomic E-state index is -0.347. The maximum Gasteiger partial charge on any atom is 0.414 e. The molecule has 0 saturated carbocycles. The molecule has 114 valence electrons. The molecular weight excluding hydrogens is 270 g/mol. The summed E-state index contributed by atoms with van der Waals surface area (Å²) in [5.74, 6) is -0.0202. The standard InChI is InChI=1S/C15H21N3O3/c16-8-3-1-2-7-14(19)17-12-5-4-6-13(11-12)18-9-10-21-15(18)20/h4-6,11H,1-3,7-10,16H2,(H,17,19). The zero-order valence-corrected chi connectivity index (χ0v) is 12.0. The number of unbranched alkanes of at least 4 members (excludes halogenated alkanes) is 2. The van der Waals surface area contributed by atoms with E-state index in [-0.39, 0.29) is 12.0 Å². The molecule has 1 aromatic rings. The Morgan fingerprint density at radius 2 is 2.19 bits per heavy atom. The van der Waals surface area contributed by atoms with E-state index in [2.05, 4.69) is 5.32 Å². The predicted molar refractivity (Wildman–Crippen MR) is 81.3 cm³/mol. The van der Waals surface area contributed by atoms with E-state index in [1.54, 1.807) is 11.0 Å². The van der Waals surface area contributed by atoms with Crippen LogP contribution in [0.5, 0.6) is 0 Å². The van der Waals surface area contributed by atoms with Crippen LogP contribution in [0.3, 0.4) is 0 Å². The Hall–Kier alpha value is -2.08. The number of amides is 2. The van der Waals surface area contributed by atoms with Crippen molar-refractivity contribution in [3.05, 3.63) is 24.3 Å². The number of ether oxygens (including phenoxy) is 1. The van der Waals surface area contributed by atoms with Crippen molar-refractivity contribution < 1.29 is 14.3 Å². The van der Waals surface area contributed by atoms with Gasteiger partial charge in [0, 0.05) is 17.8 Å². The Labute approximate surface area is 124 Å². The summed E-state index contributed by atoms with van der Waals surface area (Å²) in [7, 11) is 0. The highest BCUT2D eigenvalue weighted by Gasteiger charge is 2.23. The lowest BCUT2D eigenvalue weighted by Crippen LogP contribution is -2.23. The minimum Gasteiger partial charge on any atom is -0.447 e. The Balaban J connectivity index is 1.89. The third kappa shape index (κ3) is 4.46. The molecule has 0 atom stereocenters. The van der Waals surface area contributed by atoms with Crippen molar-refractivity contribution in [2.45, 2.75) is 25.7 Å². The summed E-state index contributed by atoms with van der Waals surface area (Å²) in [5, 5.41) is 2.85. The number of nitrogens with one attached hydrogen (secondary N) is 1. The van der Waals surface area contributed by atoms with Crippen molar-refractivity contribution in [3.63, 3.8) is 0 Å². The van der Waals surface area contributed by atoms with Crippen molar-refractivity contribution >= 4 is 23.4 Å². The van der Waals surface area contributed by atoms with Gasteiger partial charge in [-0.15, -0.1) is 0 Å². The lowest BCUT2D eigenvalue weighted by molar-refractivity contribution is -0.116. The molecule has 3 N–H and O–H groups in total. The minimum absolute atomic E-state index is 0.0202. The average molecular weight is 291 g/mol. The van der Waals surface area contributed by atoms with Crippen LogP contribution < -0.4 is 16.0 Å². The van der Waals surface area contributed by atoms with Crippen molar-refractivity contribution in [1.29, 1.82) is 0 Å². The molecule has 1 fully saturated rings. The Kier molecular flexibility index (Phi) is 5.57. The number of hydrogen-bond donors (Lipinski definition) is 2. The maximum atomic E-state index is 11.8. The summed E-state index contributed by atoms with van der Waals surface area (Å²) in [4.78, 5) is 24.9. The van der Waals surface area contributed by atoms with E-state index in [1.165, 1.54) is 0 Å². The average Bonchev–Trinajstić information content (AvgIpc) is 2.90. The summed E-state index contributed by atoms with van der Waals surface area (Å²) >= 11 is 0. The smallest absolute Gasteiger partial charge is 0.414 e. The summed E-state index contributed by atoms with van der Waals surface area (Å²) < 4.78 is 4.91. The highest BCUT2D eigenvalue weighted by Crippen LogP contribution is 2.22. The zero-order valence-electron chi connectivity index (χ0n) is 12.0. The van der Waals surface area contributed by atoms with Crippen LogP contribution in [0, 0.1) is 0 Å². The molecule has 0 radical (unpaired) electrons. The SMILES string of the molecule is NCCCCCC(=O)Nc1cccc(N2CCOC2=O)c1. The Morgan fingerprint density at radius 1 is 1.33 bits per heavy atom. The van der Waals surface area contributed by atoms with Gasteiger partial charge in [-0.25, -0.2) is 4.79 Å². The number of carbonyl (C=O) groups is 2. The van der Waals surface area contributed by atoms with E-state index in [9.17, 15) is 9.59 Å². The van der Waals surface area contributed by atoms with Crippen LogP contribution in [0.15, 0.2) is 24.3 Å². The first-order chi connectivity index (χ1) is 10.2. The normalized spacial score (nSPS) is 14.1. The number of carbonyl (C=O) groups excluding carboxylic acids is 2. The van der Waals surface area contributed by atoms with E-state index in [4.69, 9.17) is 10.5 Å². The van der Waals surface area contributed by atoms with Crippen molar-refractivity contribution in [2.24, 2.45) is 5.73 Å². The van der Waals surface area contributed by atoms with Crippen molar-refractivity contribution in [3.8, 4) is 0 Å². The molecule has 1 saturated heterocycles. The van der Waals surface area contributed by atoms with Gasteiger partial charge >= 0.3 is 6.09 Å². The van der Waals surface area contributed by atoms with Gasteiger partial charge in [-0.1, -0.05) is 12.5 Å². The third-order valence-corrected chi connectivity index (χ3v) is 3.31. The quantitative estimate of drug-likeness (QED) is 0.753. The maximum absolute atomic E-state index is 11.8. The van der Waals surface area contributed by atoms with Gasteiger partial charge in [0.25, 0.3) is 0 Å². The zero-order chi connectivity index (χ0) is 15.1. The monoisotopic (exact) mass is 291 g/mol. The van der Waals surface area contributed by atoms with Crippen LogP contribution in [-0.2, 0) is 9.53 Å². The molecule has 0 aromatic heterocycles. The molecule has 1 aliphatic heterocycles. The van der Waals surface area contributed by atoms with Gasteiger partial charge < -0.3 is 15.8 Å². The molecule has 2 amide bonds. The van der Waals surface area contributed by atoms with Crippen LogP contribution in [0.25, 0.3) is 0 Å². The first-order valence-corrected chi connectivity index (χ1v) is 7.25. The van der Waals surface area contributed by atoms with Crippen LogP contribution >= 0.6 is 0 Å². The molecule has 0 spiro atoms. The molecule has 1 aliphatic rings. The van der Waals surface area contributed by atoms with Crippen molar-refractivity contribution in [1.82, 2.24) is 0 Å². The summed E-state index contributed by atoms with van der Waals surface area (Å²) in [6.07, 6.45) is 2.88. The van der Waals surface area contributed by atoms with Gasteiger partial charge in [0.05, 0.1) is 6.54 Å². The number of nitrogens with two attached hydrogens (primary N) is 1. The Morgan fingerprint density at radius 3 is 2.90 bits per heavy atom. The van der Waals surface area contributed by atoms with Crippen LogP contribution in [0.2, 0.25) is 0 Å². The van der Waals surface area contributed by atoms with Crippen LogP contribution in [0.4, 0.5) is 16.2 Å². The van der Waals surface area contributed by atoms with E-state index < -0.39 is 0 Å². The first-order valence-electron chi connectivity index (χ1n) is 7.25. The highest BCUT2D eigenvalue weighted by atomic mass is 16.6. The predicted octanol–water partition coefficient (Wildman–Crippen LogP) is 2.10. The van der Waals surface area contributed by atoms with E-state index in [1.807, 2.05) is 18.2 Å². The number of rotatable bonds is 7. The largest absolute Gasteiger partial charge is 0.447 e. The van der Waals surface area contributed by atoms with Crippen LogP contribution in [-0.4, -0.2) is 31.7 Å². The molecule has 2 rings (SSSR count). The fourth-order valence-corrected chi connectivity index (χ4v) is 2.21. The lowest BCUT2D eigenvalue weighted by atomic mass is 10.2. The van der Waals surface area contributed by atoms with Crippen LogP contribution in [0.1, 0.15) is 25.7 Å². The van der Waals surface area contributed by atoms with Gasteiger partial charge in [-0.05, 0) is 37.6 Å².